The number of nitrogens with zero attached hydrogens (tertiary/aromatic N) is 1. The van der Waals surface area contributed by atoms with Crippen molar-refractivity contribution in [3.05, 3.63) is 47.2 Å². The molecule has 0 bridgehead atoms. The predicted octanol–water partition coefficient (Wildman–Crippen LogP) is 2.22. The molecule has 2 aromatic rings. The number of hydrogen-bond acceptors (Lipinski definition) is 4. The SMILES string of the molecule is CN(C)S(=O)(=O)CCNC(=O)c1ccc(-c2ccccc2Cl)o1. The van der Waals surface area contributed by atoms with Gasteiger partial charge < -0.3 is 9.73 Å². The van der Waals surface area contributed by atoms with E-state index in [1.54, 1.807) is 24.3 Å². The molecule has 23 heavy (non-hydrogen) atoms. The van der Waals surface area contributed by atoms with Gasteiger partial charge in [-0.2, -0.15) is 0 Å². The standard InChI is InChI=1S/C15H17ClN2O4S/c1-18(2)23(20,21)10-9-17-15(19)14-8-7-13(22-14)11-5-3-4-6-12(11)16/h3-8H,9-10H2,1-2H3,(H,17,19). The molecular formula is C15H17ClN2O4S. The highest BCUT2D eigenvalue weighted by atomic mass is 35.5. The molecule has 0 radical (unpaired) electrons. The lowest BCUT2D eigenvalue weighted by Crippen LogP contribution is -2.33. The van der Waals surface area contributed by atoms with Crippen molar-refractivity contribution in [3.63, 3.8) is 0 Å². The van der Waals surface area contributed by atoms with Gasteiger partial charge in [0.2, 0.25) is 10.0 Å². The Balaban J connectivity index is 2.01. The number of sulfonamides is 1. The van der Waals surface area contributed by atoms with Crippen LogP contribution >= 0.6 is 11.6 Å². The van der Waals surface area contributed by atoms with Gasteiger partial charge in [0, 0.05) is 26.2 Å². The minimum atomic E-state index is -3.35. The second kappa shape index (κ2) is 7.16. The fraction of sp³-hybridized carbons (Fsp3) is 0.267. The Morgan fingerprint density at radius 2 is 1.91 bits per heavy atom. The van der Waals surface area contributed by atoms with Crippen LogP contribution in [0.4, 0.5) is 0 Å². The molecule has 6 nitrogen and oxygen atoms in total. The Hall–Kier alpha value is -1.83. The number of benzene rings is 1. The van der Waals surface area contributed by atoms with E-state index in [0.717, 1.165) is 4.31 Å². The van der Waals surface area contributed by atoms with E-state index in [2.05, 4.69) is 5.32 Å². The zero-order valence-corrected chi connectivity index (χ0v) is 14.3. The highest BCUT2D eigenvalue weighted by molar-refractivity contribution is 7.89. The minimum absolute atomic E-state index is 0.00146. The van der Waals surface area contributed by atoms with Crippen molar-refractivity contribution in [1.29, 1.82) is 0 Å². The molecule has 0 aliphatic heterocycles. The van der Waals surface area contributed by atoms with Gasteiger partial charge in [-0.1, -0.05) is 23.7 Å². The maximum atomic E-state index is 12.0. The second-order valence-electron chi connectivity index (χ2n) is 5.00. The van der Waals surface area contributed by atoms with Crippen molar-refractivity contribution in [3.8, 4) is 11.3 Å². The van der Waals surface area contributed by atoms with Gasteiger partial charge in [-0.15, -0.1) is 0 Å². The lowest BCUT2D eigenvalue weighted by Gasteiger charge is -2.11. The summed E-state index contributed by atoms with van der Waals surface area (Å²) in [6.45, 7) is 0.00146. The van der Waals surface area contributed by atoms with Gasteiger partial charge in [-0.3, -0.25) is 4.79 Å². The van der Waals surface area contributed by atoms with Gasteiger partial charge in [-0.05, 0) is 24.3 Å². The maximum Gasteiger partial charge on any atom is 0.287 e. The summed E-state index contributed by atoms with van der Waals surface area (Å²) < 4.78 is 29.8. The second-order valence-corrected chi connectivity index (χ2v) is 7.71. The Labute approximate surface area is 140 Å². The average molecular weight is 357 g/mol. The maximum absolute atomic E-state index is 12.0. The van der Waals surface area contributed by atoms with Crippen molar-refractivity contribution < 1.29 is 17.6 Å². The minimum Gasteiger partial charge on any atom is -0.451 e. The average Bonchev–Trinajstić information content (AvgIpc) is 2.97. The zero-order valence-electron chi connectivity index (χ0n) is 12.7. The third-order valence-electron chi connectivity index (χ3n) is 3.17. The van der Waals surface area contributed by atoms with Crippen molar-refractivity contribution in [2.24, 2.45) is 0 Å². The van der Waals surface area contributed by atoms with Gasteiger partial charge >= 0.3 is 0 Å². The molecule has 0 aliphatic rings. The quantitative estimate of drug-likeness (QED) is 0.860. The fourth-order valence-corrected chi connectivity index (χ4v) is 2.78. The third-order valence-corrected chi connectivity index (χ3v) is 5.33. The number of carbonyl (C=O) groups excluding carboxylic acids is 1. The Morgan fingerprint density at radius 3 is 2.57 bits per heavy atom. The van der Waals surface area contributed by atoms with E-state index in [1.807, 2.05) is 6.07 Å². The summed E-state index contributed by atoms with van der Waals surface area (Å²) >= 11 is 6.08. The van der Waals surface area contributed by atoms with Crippen LogP contribution in [0, 0.1) is 0 Å². The van der Waals surface area contributed by atoms with Crippen molar-refractivity contribution in [2.75, 3.05) is 26.4 Å². The highest BCUT2D eigenvalue weighted by Gasteiger charge is 2.16. The van der Waals surface area contributed by atoms with Crippen LogP contribution < -0.4 is 5.32 Å². The summed E-state index contributed by atoms with van der Waals surface area (Å²) in [5, 5.41) is 3.04. The Bertz CT molecular complexity index is 799. The van der Waals surface area contributed by atoms with Gasteiger partial charge in [0.25, 0.3) is 5.91 Å². The van der Waals surface area contributed by atoms with Crippen LogP contribution in [0.5, 0.6) is 0 Å². The molecule has 0 fully saturated rings. The lowest BCUT2D eigenvalue weighted by molar-refractivity contribution is 0.0929. The largest absolute Gasteiger partial charge is 0.451 e. The van der Waals surface area contributed by atoms with Crippen LogP contribution in [0.25, 0.3) is 11.3 Å². The molecule has 0 aliphatic carbocycles. The van der Waals surface area contributed by atoms with Crippen LogP contribution in [0.3, 0.4) is 0 Å². The monoisotopic (exact) mass is 356 g/mol. The number of nitrogens with one attached hydrogen (secondary N) is 1. The summed E-state index contributed by atoms with van der Waals surface area (Å²) in [7, 11) is -0.461. The molecule has 124 valence electrons. The number of furan rings is 1. The zero-order chi connectivity index (χ0) is 17.0. The smallest absolute Gasteiger partial charge is 0.287 e. The van der Waals surface area contributed by atoms with E-state index in [4.69, 9.17) is 16.0 Å². The summed E-state index contributed by atoms with van der Waals surface area (Å²) in [5.41, 5.74) is 0.684. The van der Waals surface area contributed by atoms with E-state index in [1.165, 1.54) is 20.2 Å². The number of rotatable bonds is 6. The molecule has 0 spiro atoms. The molecule has 8 heteroatoms. The van der Waals surface area contributed by atoms with Gasteiger partial charge in [-0.25, -0.2) is 12.7 Å². The van der Waals surface area contributed by atoms with Gasteiger partial charge in [0.05, 0.1) is 10.8 Å². The van der Waals surface area contributed by atoms with E-state index in [0.29, 0.717) is 16.3 Å². The van der Waals surface area contributed by atoms with Crippen LogP contribution in [0.2, 0.25) is 5.02 Å². The van der Waals surface area contributed by atoms with Crippen LogP contribution in [-0.2, 0) is 10.0 Å². The summed E-state index contributed by atoms with van der Waals surface area (Å²) in [5.74, 6) is -0.0785. The molecule has 1 aromatic carbocycles. The number of halogens is 1. The molecular weight excluding hydrogens is 340 g/mol. The molecule has 0 saturated heterocycles. The van der Waals surface area contributed by atoms with Crippen LogP contribution in [0.1, 0.15) is 10.6 Å². The summed E-state index contributed by atoms with van der Waals surface area (Å²) in [6, 6.07) is 10.3. The third kappa shape index (κ3) is 4.34. The van der Waals surface area contributed by atoms with Gasteiger partial charge in [0.15, 0.2) is 5.76 Å². The number of carbonyl (C=O) groups is 1. The predicted molar refractivity (Wildman–Crippen MR) is 89.0 cm³/mol. The van der Waals surface area contributed by atoms with Gasteiger partial charge in [0.1, 0.15) is 5.76 Å². The molecule has 0 atom stereocenters. The number of amides is 1. The molecule has 1 aromatic heterocycles. The highest BCUT2D eigenvalue weighted by Crippen LogP contribution is 2.28. The topological polar surface area (TPSA) is 79.6 Å². The first-order valence-electron chi connectivity index (χ1n) is 6.84. The van der Waals surface area contributed by atoms with E-state index >= 15 is 0 Å². The molecule has 2 rings (SSSR count). The molecule has 1 N–H and O–H groups in total. The first kappa shape index (κ1) is 17.5. The first-order chi connectivity index (χ1) is 10.8. The Kier molecular flexibility index (Phi) is 5.46. The van der Waals surface area contributed by atoms with Crippen LogP contribution in [-0.4, -0.2) is 45.0 Å². The number of hydrogen-bond donors (Lipinski definition) is 1. The molecule has 1 amide bonds. The summed E-state index contributed by atoms with van der Waals surface area (Å²) in [6.07, 6.45) is 0. The normalized spacial score (nSPS) is 11.7. The van der Waals surface area contributed by atoms with Crippen molar-refractivity contribution in [2.45, 2.75) is 0 Å². The van der Waals surface area contributed by atoms with E-state index < -0.39 is 15.9 Å². The lowest BCUT2D eigenvalue weighted by atomic mass is 10.2. The fourth-order valence-electron chi connectivity index (χ4n) is 1.83. The first-order valence-corrected chi connectivity index (χ1v) is 8.83. The van der Waals surface area contributed by atoms with Crippen molar-refractivity contribution in [1.82, 2.24) is 9.62 Å². The van der Waals surface area contributed by atoms with Crippen LogP contribution in [0.15, 0.2) is 40.8 Å². The molecule has 0 unspecified atom stereocenters. The molecule has 0 saturated carbocycles. The van der Waals surface area contributed by atoms with E-state index in [9.17, 15) is 13.2 Å². The van der Waals surface area contributed by atoms with E-state index in [-0.39, 0.29) is 18.1 Å². The Morgan fingerprint density at radius 1 is 1.22 bits per heavy atom. The molecule has 1 heterocycles. The van der Waals surface area contributed by atoms with Crippen molar-refractivity contribution >= 4 is 27.5 Å². The summed E-state index contributed by atoms with van der Waals surface area (Å²) in [4.78, 5) is 12.0.